The zero-order chi connectivity index (χ0) is 19.3. The maximum Gasteiger partial charge on any atom is 0.344 e. The molecule has 0 atom stereocenters. The summed E-state index contributed by atoms with van der Waals surface area (Å²) in [5, 5.41) is 0. The number of esters is 1. The van der Waals surface area contributed by atoms with Crippen molar-refractivity contribution in [3.63, 3.8) is 0 Å². The van der Waals surface area contributed by atoms with Crippen molar-refractivity contribution in [2.45, 2.75) is 6.42 Å². The van der Waals surface area contributed by atoms with Gasteiger partial charge in [0, 0.05) is 5.56 Å². The Morgan fingerprint density at radius 1 is 0.893 bits per heavy atom. The number of hydrogen-bond acceptors (Lipinski definition) is 3. The predicted octanol–water partition coefficient (Wildman–Crippen LogP) is 4.72. The maximum atomic E-state index is 14.6. The van der Waals surface area contributed by atoms with E-state index in [1.807, 2.05) is 24.3 Å². The van der Waals surface area contributed by atoms with E-state index >= 15 is 0 Å². The Labute approximate surface area is 160 Å². The molecule has 0 spiro atoms. The molecule has 4 nitrogen and oxygen atoms in total. The van der Waals surface area contributed by atoms with Crippen LogP contribution in [-0.2, 0) is 16.0 Å². The van der Waals surface area contributed by atoms with Crippen LogP contribution in [0.15, 0.2) is 66.7 Å². The highest BCUT2D eigenvalue weighted by Gasteiger charge is 2.30. The number of para-hydroxylation sites is 1. The van der Waals surface area contributed by atoms with Crippen LogP contribution in [0.5, 0.6) is 0 Å². The monoisotopic (exact) mass is 371 g/mol. The lowest BCUT2D eigenvalue weighted by molar-refractivity contribution is -0.116. The van der Waals surface area contributed by atoms with Crippen LogP contribution in [0.1, 0.15) is 27.0 Å². The van der Waals surface area contributed by atoms with Gasteiger partial charge in [-0.3, -0.25) is 9.69 Å². The Morgan fingerprint density at radius 3 is 2.50 bits per heavy atom. The largest absolute Gasteiger partial charge is 0.422 e. The molecule has 3 aromatic carbocycles. The molecule has 0 N–H and O–H groups in total. The molecule has 0 radical (unpaired) electrons. The second-order valence-corrected chi connectivity index (χ2v) is 6.69. The summed E-state index contributed by atoms with van der Waals surface area (Å²) in [7, 11) is 0. The summed E-state index contributed by atoms with van der Waals surface area (Å²) >= 11 is 0. The molecule has 5 rings (SSSR count). The second-order valence-electron chi connectivity index (χ2n) is 6.69. The van der Waals surface area contributed by atoms with Crippen LogP contribution in [0.25, 0.3) is 11.8 Å². The Morgan fingerprint density at radius 2 is 1.64 bits per heavy atom. The summed E-state index contributed by atoms with van der Waals surface area (Å²) in [6, 6.07) is 19.0. The molecule has 5 heteroatoms. The molecule has 0 aliphatic carbocycles. The number of rotatable bonds is 2. The fraction of sp³-hybridized carbons (Fsp3) is 0.0435. The van der Waals surface area contributed by atoms with Crippen molar-refractivity contribution in [3.05, 3.63) is 94.8 Å². The summed E-state index contributed by atoms with van der Waals surface area (Å²) < 4.78 is 20.0. The molecule has 2 heterocycles. The average molecular weight is 371 g/mol. The molecular weight excluding hydrogens is 357 g/mol. The van der Waals surface area contributed by atoms with Gasteiger partial charge in [-0.2, -0.15) is 0 Å². The Balaban J connectivity index is 1.59. The van der Waals surface area contributed by atoms with Crippen LogP contribution in [0.3, 0.4) is 0 Å². The highest BCUT2D eigenvalue weighted by molar-refractivity contribution is 6.08. The molecule has 2 aliphatic rings. The Hall–Kier alpha value is -3.73. The van der Waals surface area contributed by atoms with Gasteiger partial charge in [-0.25, -0.2) is 9.18 Å². The number of benzene rings is 3. The number of anilines is 2. The first-order valence-electron chi connectivity index (χ1n) is 8.85. The number of halogens is 1. The van der Waals surface area contributed by atoms with Gasteiger partial charge in [-0.05, 0) is 41.5 Å². The average Bonchev–Trinajstić information content (AvgIpc) is 3.20. The summed E-state index contributed by atoms with van der Waals surface area (Å²) in [6.45, 7) is 0. The van der Waals surface area contributed by atoms with Gasteiger partial charge in [0.1, 0.15) is 11.6 Å². The van der Waals surface area contributed by atoms with Crippen molar-refractivity contribution >= 4 is 35.1 Å². The van der Waals surface area contributed by atoms with Gasteiger partial charge < -0.3 is 4.74 Å². The zero-order valence-corrected chi connectivity index (χ0v) is 14.7. The van der Waals surface area contributed by atoms with Crippen LogP contribution in [0.2, 0.25) is 0 Å². The zero-order valence-electron chi connectivity index (χ0n) is 14.7. The number of amides is 1. The number of ether oxygens (including phenoxy) is 1. The normalized spacial score (nSPS) is 16.3. The number of nitrogens with zero attached hydrogens (tertiary/aromatic N) is 1. The number of cyclic esters (lactones) is 1. The number of hydrogen-bond donors (Lipinski definition) is 0. The van der Waals surface area contributed by atoms with E-state index in [2.05, 4.69) is 0 Å². The van der Waals surface area contributed by atoms with Gasteiger partial charge in [0.25, 0.3) is 0 Å². The first-order valence-corrected chi connectivity index (χ1v) is 8.85. The first-order chi connectivity index (χ1) is 13.6. The van der Waals surface area contributed by atoms with Gasteiger partial charge >= 0.3 is 5.97 Å². The lowest BCUT2D eigenvalue weighted by atomic mass is 10.1. The maximum absolute atomic E-state index is 14.6. The van der Waals surface area contributed by atoms with Gasteiger partial charge in [0.2, 0.25) is 5.91 Å². The molecule has 0 saturated carbocycles. The van der Waals surface area contributed by atoms with E-state index in [9.17, 15) is 14.0 Å². The fourth-order valence-corrected chi connectivity index (χ4v) is 3.65. The predicted molar refractivity (Wildman–Crippen MR) is 103 cm³/mol. The van der Waals surface area contributed by atoms with Crippen LogP contribution in [0, 0.1) is 5.82 Å². The third-order valence-electron chi connectivity index (χ3n) is 4.95. The lowest BCUT2D eigenvalue weighted by Crippen LogP contribution is -2.22. The minimum atomic E-state index is -0.490. The van der Waals surface area contributed by atoms with Crippen LogP contribution >= 0.6 is 0 Å². The van der Waals surface area contributed by atoms with E-state index < -0.39 is 11.8 Å². The van der Waals surface area contributed by atoms with Crippen molar-refractivity contribution in [1.29, 1.82) is 0 Å². The van der Waals surface area contributed by atoms with Crippen LogP contribution in [0.4, 0.5) is 15.8 Å². The van der Waals surface area contributed by atoms with Gasteiger partial charge in [0.05, 0.1) is 23.4 Å². The highest BCUT2D eigenvalue weighted by atomic mass is 19.1. The summed E-state index contributed by atoms with van der Waals surface area (Å²) in [5.74, 6) is -0.669. The number of fused-ring (bicyclic) bond motifs is 2. The minimum absolute atomic E-state index is 0.178. The highest BCUT2D eigenvalue weighted by Crippen LogP contribution is 2.38. The van der Waals surface area contributed by atoms with Gasteiger partial charge in [0.15, 0.2) is 0 Å². The molecule has 0 fully saturated rings. The third kappa shape index (κ3) is 2.52. The smallest absolute Gasteiger partial charge is 0.344 e. The third-order valence-corrected chi connectivity index (χ3v) is 4.95. The summed E-state index contributed by atoms with van der Waals surface area (Å²) in [6.07, 6.45) is 1.92. The molecule has 1 amide bonds. The van der Waals surface area contributed by atoms with Gasteiger partial charge in [-0.15, -0.1) is 0 Å². The second kappa shape index (κ2) is 6.16. The molecule has 0 unspecified atom stereocenters. The van der Waals surface area contributed by atoms with E-state index in [1.54, 1.807) is 42.5 Å². The van der Waals surface area contributed by atoms with Crippen molar-refractivity contribution in [2.24, 2.45) is 0 Å². The SMILES string of the molecule is O=C1OC(=Cc2ccc(F)c(N3C(=O)Cc4ccccc43)c2)c2ccccc21. The molecule has 136 valence electrons. The van der Waals surface area contributed by atoms with E-state index in [0.29, 0.717) is 28.1 Å². The van der Waals surface area contributed by atoms with E-state index in [0.717, 1.165) is 5.56 Å². The van der Waals surface area contributed by atoms with E-state index in [1.165, 1.54) is 11.0 Å². The van der Waals surface area contributed by atoms with Crippen LogP contribution < -0.4 is 4.90 Å². The van der Waals surface area contributed by atoms with Crippen LogP contribution in [-0.4, -0.2) is 11.9 Å². The topological polar surface area (TPSA) is 46.6 Å². The number of carbonyl (C=O) groups is 2. The van der Waals surface area contributed by atoms with Crippen molar-refractivity contribution in [3.8, 4) is 0 Å². The molecule has 0 aromatic heterocycles. The summed E-state index contributed by atoms with van der Waals surface area (Å²) in [5.41, 5.74) is 3.57. The molecular formula is C23H14FNO3. The molecule has 0 saturated heterocycles. The Bertz CT molecular complexity index is 1180. The molecule has 3 aromatic rings. The van der Waals surface area contributed by atoms with E-state index in [4.69, 9.17) is 4.74 Å². The van der Waals surface area contributed by atoms with Crippen molar-refractivity contribution < 1.29 is 18.7 Å². The number of carbonyl (C=O) groups excluding carboxylic acids is 2. The van der Waals surface area contributed by atoms with Crippen molar-refractivity contribution in [1.82, 2.24) is 0 Å². The molecule has 28 heavy (non-hydrogen) atoms. The Kier molecular flexibility index (Phi) is 3.62. The molecule has 2 aliphatic heterocycles. The quantitative estimate of drug-likeness (QED) is 0.613. The minimum Gasteiger partial charge on any atom is -0.422 e. The van der Waals surface area contributed by atoms with E-state index in [-0.39, 0.29) is 18.0 Å². The van der Waals surface area contributed by atoms with Gasteiger partial charge in [-0.1, -0.05) is 42.5 Å². The standard InChI is InChI=1S/C23H14FNO3/c24-18-10-9-14(12-21-16-6-2-3-7-17(16)23(27)28-21)11-20(18)25-19-8-4-1-5-15(19)13-22(25)26/h1-12H,13H2. The lowest BCUT2D eigenvalue weighted by Gasteiger charge is -2.19. The van der Waals surface area contributed by atoms with Crippen molar-refractivity contribution in [2.75, 3.05) is 4.90 Å². The first kappa shape index (κ1) is 16.4. The fourth-order valence-electron chi connectivity index (χ4n) is 3.65. The molecule has 0 bridgehead atoms. The summed E-state index contributed by atoms with van der Waals surface area (Å²) in [4.78, 5) is 25.9.